The third-order valence-electron chi connectivity index (χ3n) is 5.14. The van der Waals surface area contributed by atoms with Gasteiger partial charge in [-0.3, -0.25) is 14.7 Å². The lowest BCUT2D eigenvalue weighted by Gasteiger charge is -2.35. The number of amides is 1. The van der Waals surface area contributed by atoms with Crippen LogP contribution < -0.4 is 0 Å². The average Bonchev–Trinajstić information content (AvgIpc) is 3.19. The summed E-state index contributed by atoms with van der Waals surface area (Å²) in [6.07, 6.45) is 11.4. The molecule has 0 aromatic carbocycles. The highest BCUT2D eigenvalue weighted by molar-refractivity contribution is 5.78. The standard InChI is InChI=1S/C18H24N6O2/c25-16(13-23-9-3-1-4-10-23)24-11-5-2-6-15(24)18-22-21-17(26-18)14-12-19-7-8-20-14/h7-8,12,15H,1-6,9-11,13H2/t15-/m0/s1. The SMILES string of the molecule is O=C(CN1CCCCC1)N1CCCC[C@H]1c1nnc(-c2cnccn2)o1. The highest BCUT2D eigenvalue weighted by Crippen LogP contribution is 2.31. The third-order valence-corrected chi connectivity index (χ3v) is 5.14. The van der Waals surface area contributed by atoms with Crippen LogP contribution in [0.15, 0.2) is 23.0 Å². The van der Waals surface area contributed by atoms with Crippen molar-refractivity contribution in [3.8, 4) is 11.6 Å². The Morgan fingerprint density at radius 1 is 1.08 bits per heavy atom. The van der Waals surface area contributed by atoms with E-state index in [1.165, 1.54) is 19.3 Å². The molecule has 4 rings (SSSR count). The lowest BCUT2D eigenvalue weighted by molar-refractivity contribution is -0.137. The van der Waals surface area contributed by atoms with E-state index in [4.69, 9.17) is 4.42 Å². The van der Waals surface area contributed by atoms with Gasteiger partial charge in [0.15, 0.2) is 0 Å². The van der Waals surface area contributed by atoms with Crippen molar-refractivity contribution in [3.63, 3.8) is 0 Å². The van der Waals surface area contributed by atoms with Gasteiger partial charge >= 0.3 is 0 Å². The van der Waals surface area contributed by atoms with Crippen molar-refractivity contribution in [2.24, 2.45) is 0 Å². The molecule has 0 N–H and O–H groups in total. The number of carbonyl (C=O) groups is 1. The zero-order valence-electron chi connectivity index (χ0n) is 14.9. The first-order valence-corrected chi connectivity index (χ1v) is 9.43. The molecule has 0 saturated carbocycles. The van der Waals surface area contributed by atoms with Crippen molar-refractivity contribution >= 4 is 5.91 Å². The fourth-order valence-electron chi connectivity index (χ4n) is 3.77. The van der Waals surface area contributed by atoms with E-state index >= 15 is 0 Å². The van der Waals surface area contributed by atoms with Crippen LogP contribution >= 0.6 is 0 Å². The Kier molecular flexibility index (Phi) is 5.19. The molecule has 8 heteroatoms. The highest BCUT2D eigenvalue weighted by atomic mass is 16.4. The van der Waals surface area contributed by atoms with Gasteiger partial charge in [-0.2, -0.15) is 0 Å². The van der Waals surface area contributed by atoms with E-state index in [1.807, 2.05) is 4.90 Å². The van der Waals surface area contributed by atoms with Crippen molar-refractivity contribution in [1.82, 2.24) is 30.0 Å². The summed E-state index contributed by atoms with van der Waals surface area (Å²) < 4.78 is 5.85. The number of hydrogen-bond donors (Lipinski definition) is 0. The van der Waals surface area contributed by atoms with Crippen molar-refractivity contribution in [2.75, 3.05) is 26.2 Å². The molecule has 2 saturated heterocycles. The van der Waals surface area contributed by atoms with E-state index in [0.29, 0.717) is 24.0 Å². The Morgan fingerprint density at radius 2 is 1.92 bits per heavy atom. The zero-order valence-corrected chi connectivity index (χ0v) is 14.9. The molecule has 26 heavy (non-hydrogen) atoms. The van der Waals surface area contributed by atoms with Crippen LogP contribution in [0.2, 0.25) is 0 Å². The number of aromatic nitrogens is 4. The van der Waals surface area contributed by atoms with E-state index in [-0.39, 0.29) is 11.9 Å². The Bertz CT molecular complexity index is 728. The predicted octanol–water partition coefficient (Wildman–Crippen LogP) is 2.07. The minimum atomic E-state index is -0.140. The van der Waals surface area contributed by atoms with Crippen LogP contribution in [0.1, 0.15) is 50.5 Å². The van der Waals surface area contributed by atoms with Crippen LogP contribution in [0.25, 0.3) is 11.6 Å². The second-order valence-corrected chi connectivity index (χ2v) is 6.97. The molecule has 2 aliphatic heterocycles. The summed E-state index contributed by atoms with van der Waals surface area (Å²) in [6.45, 7) is 3.27. The molecule has 2 aromatic rings. The maximum atomic E-state index is 12.9. The average molecular weight is 356 g/mol. The third kappa shape index (κ3) is 3.75. The molecule has 2 aliphatic rings. The number of nitrogens with zero attached hydrogens (tertiary/aromatic N) is 6. The summed E-state index contributed by atoms with van der Waals surface area (Å²) in [5, 5.41) is 8.31. The van der Waals surface area contributed by atoms with Gasteiger partial charge in [-0.25, -0.2) is 4.98 Å². The maximum absolute atomic E-state index is 12.9. The topological polar surface area (TPSA) is 88.3 Å². The summed E-state index contributed by atoms with van der Waals surface area (Å²) in [5.41, 5.74) is 0.549. The first-order valence-electron chi connectivity index (χ1n) is 9.43. The van der Waals surface area contributed by atoms with Gasteiger partial charge in [-0.1, -0.05) is 6.42 Å². The van der Waals surface area contributed by atoms with Gasteiger partial charge < -0.3 is 9.32 Å². The predicted molar refractivity (Wildman–Crippen MR) is 93.9 cm³/mol. The summed E-state index contributed by atoms with van der Waals surface area (Å²) >= 11 is 0. The zero-order chi connectivity index (χ0) is 17.8. The van der Waals surface area contributed by atoms with Crippen LogP contribution in [0.5, 0.6) is 0 Å². The molecule has 0 bridgehead atoms. The summed E-state index contributed by atoms with van der Waals surface area (Å²) in [4.78, 5) is 25.3. The Balaban J connectivity index is 1.48. The van der Waals surface area contributed by atoms with Crippen LogP contribution in [0.3, 0.4) is 0 Å². The number of hydrogen-bond acceptors (Lipinski definition) is 7. The first-order chi connectivity index (χ1) is 12.8. The van der Waals surface area contributed by atoms with Gasteiger partial charge in [0.05, 0.1) is 12.7 Å². The molecular weight excluding hydrogens is 332 g/mol. The summed E-state index contributed by atoms with van der Waals surface area (Å²) in [5.74, 6) is 1.01. The molecule has 2 aromatic heterocycles. The number of carbonyl (C=O) groups excluding carboxylic acids is 1. The van der Waals surface area contributed by atoms with E-state index in [1.54, 1.807) is 18.6 Å². The largest absolute Gasteiger partial charge is 0.417 e. The van der Waals surface area contributed by atoms with Crippen molar-refractivity contribution in [2.45, 2.75) is 44.6 Å². The monoisotopic (exact) mass is 356 g/mol. The van der Waals surface area contributed by atoms with Crippen molar-refractivity contribution in [1.29, 1.82) is 0 Å². The molecule has 1 atom stereocenters. The van der Waals surface area contributed by atoms with Gasteiger partial charge in [0.25, 0.3) is 5.89 Å². The molecule has 8 nitrogen and oxygen atoms in total. The van der Waals surface area contributed by atoms with E-state index in [2.05, 4.69) is 25.1 Å². The summed E-state index contributed by atoms with van der Waals surface area (Å²) in [6, 6.07) is -0.140. The van der Waals surface area contributed by atoms with Crippen LogP contribution in [-0.2, 0) is 4.79 Å². The van der Waals surface area contributed by atoms with Crippen molar-refractivity contribution < 1.29 is 9.21 Å². The fourth-order valence-corrected chi connectivity index (χ4v) is 3.77. The normalized spacial score (nSPS) is 21.7. The van der Waals surface area contributed by atoms with Gasteiger partial charge in [-0.05, 0) is 45.2 Å². The second-order valence-electron chi connectivity index (χ2n) is 6.97. The molecule has 4 heterocycles. The Morgan fingerprint density at radius 3 is 2.73 bits per heavy atom. The second kappa shape index (κ2) is 7.90. The lowest BCUT2D eigenvalue weighted by atomic mass is 10.0. The van der Waals surface area contributed by atoms with Gasteiger partial charge in [0.2, 0.25) is 11.8 Å². The molecule has 1 amide bonds. The van der Waals surface area contributed by atoms with Gasteiger partial charge in [-0.15, -0.1) is 10.2 Å². The Hall–Kier alpha value is -2.35. The van der Waals surface area contributed by atoms with Gasteiger partial charge in [0, 0.05) is 18.9 Å². The number of rotatable bonds is 4. The van der Waals surface area contributed by atoms with Crippen LogP contribution in [0.4, 0.5) is 0 Å². The number of likely N-dealkylation sites (tertiary alicyclic amines) is 2. The molecule has 0 aliphatic carbocycles. The minimum absolute atomic E-state index is 0.140. The van der Waals surface area contributed by atoms with E-state index in [9.17, 15) is 4.79 Å². The molecule has 2 fully saturated rings. The van der Waals surface area contributed by atoms with E-state index < -0.39 is 0 Å². The molecular formula is C18H24N6O2. The Labute approximate surface area is 152 Å². The molecule has 0 spiro atoms. The summed E-state index contributed by atoms with van der Waals surface area (Å²) in [7, 11) is 0. The quantitative estimate of drug-likeness (QED) is 0.828. The van der Waals surface area contributed by atoms with Crippen molar-refractivity contribution in [3.05, 3.63) is 24.5 Å². The van der Waals surface area contributed by atoms with E-state index in [0.717, 1.165) is 38.9 Å². The highest BCUT2D eigenvalue weighted by Gasteiger charge is 2.33. The smallest absolute Gasteiger partial charge is 0.267 e. The maximum Gasteiger partial charge on any atom is 0.267 e. The van der Waals surface area contributed by atoms with Crippen LogP contribution in [0, 0.1) is 0 Å². The molecule has 0 unspecified atom stereocenters. The molecule has 0 radical (unpaired) electrons. The van der Waals surface area contributed by atoms with Gasteiger partial charge in [0.1, 0.15) is 11.7 Å². The lowest BCUT2D eigenvalue weighted by Crippen LogP contribution is -2.45. The molecule has 138 valence electrons. The van der Waals surface area contributed by atoms with Crippen LogP contribution in [-0.4, -0.2) is 62.1 Å². The first kappa shape index (κ1) is 17.1. The number of piperidine rings is 2. The minimum Gasteiger partial charge on any atom is -0.417 e. The fraction of sp³-hybridized carbons (Fsp3) is 0.611.